The second-order valence-electron chi connectivity index (χ2n) is 4.80. The normalized spacial score (nSPS) is 18.2. The molecule has 2 rings (SSSR count). The Kier molecular flexibility index (Phi) is 5.98. The molecule has 0 aromatic heterocycles. The summed E-state index contributed by atoms with van der Waals surface area (Å²) in [6, 6.07) is 1.96. The molecule has 1 aromatic rings. The summed E-state index contributed by atoms with van der Waals surface area (Å²) in [7, 11) is 0. The van der Waals surface area contributed by atoms with Crippen LogP contribution in [0.1, 0.15) is 18.4 Å². The van der Waals surface area contributed by atoms with Gasteiger partial charge in [0.15, 0.2) is 0 Å². The fourth-order valence-corrected chi connectivity index (χ4v) is 2.15. The summed E-state index contributed by atoms with van der Waals surface area (Å²) in [6.45, 7) is 1.51. The second kappa shape index (κ2) is 7.09. The maximum Gasteiger partial charge on any atom is 0.416 e. The fourth-order valence-electron chi connectivity index (χ4n) is 2.15. The number of benzene rings is 1. The number of halogens is 5. The number of carbonyl (C=O) groups is 1. The number of rotatable bonds is 3. The van der Waals surface area contributed by atoms with E-state index in [0.717, 1.165) is 13.0 Å². The summed E-state index contributed by atoms with van der Waals surface area (Å²) in [5.41, 5.74) is -1.42. The van der Waals surface area contributed by atoms with Crippen molar-refractivity contribution in [3.8, 4) is 0 Å². The molecular weight excluding hydrogens is 312 g/mol. The highest BCUT2D eigenvalue weighted by Gasteiger charge is 2.31. The van der Waals surface area contributed by atoms with Crippen LogP contribution in [-0.4, -0.2) is 19.0 Å². The molecule has 1 saturated heterocycles. The SMILES string of the molecule is Cl.O=C(CC1CCNC1)Nc1cc(C(F)(F)F)ccc1F. The maximum atomic E-state index is 13.4. The third kappa shape index (κ3) is 4.86. The lowest BCUT2D eigenvalue weighted by molar-refractivity contribution is -0.137. The number of hydrogen-bond acceptors (Lipinski definition) is 2. The first-order chi connectivity index (χ1) is 9.36. The van der Waals surface area contributed by atoms with Crippen molar-refractivity contribution in [1.29, 1.82) is 0 Å². The van der Waals surface area contributed by atoms with E-state index in [1.807, 2.05) is 0 Å². The van der Waals surface area contributed by atoms with Crippen molar-refractivity contribution in [2.24, 2.45) is 5.92 Å². The number of nitrogens with one attached hydrogen (secondary N) is 2. The van der Waals surface area contributed by atoms with E-state index in [4.69, 9.17) is 0 Å². The van der Waals surface area contributed by atoms with Gasteiger partial charge in [-0.05, 0) is 43.6 Å². The zero-order chi connectivity index (χ0) is 14.8. The van der Waals surface area contributed by atoms with E-state index in [1.165, 1.54) is 0 Å². The van der Waals surface area contributed by atoms with E-state index in [-0.39, 0.29) is 24.7 Å². The summed E-state index contributed by atoms with van der Waals surface area (Å²) in [4.78, 5) is 11.7. The standard InChI is InChI=1S/C13H14F4N2O.ClH/c14-10-2-1-9(13(15,16)17)6-11(10)19-12(20)5-8-3-4-18-7-8;/h1-2,6,8,18H,3-5,7H2,(H,19,20);1H. The lowest BCUT2D eigenvalue weighted by atomic mass is 10.0. The molecule has 3 nitrogen and oxygen atoms in total. The molecule has 8 heteroatoms. The monoisotopic (exact) mass is 326 g/mol. The van der Waals surface area contributed by atoms with E-state index in [9.17, 15) is 22.4 Å². The quantitative estimate of drug-likeness (QED) is 0.838. The first-order valence-corrected chi connectivity index (χ1v) is 6.23. The van der Waals surface area contributed by atoms with Gasteiger partial charge in [-0.2, -0.15) is 13.2 Å². The van der Waals surface area contributed by atoms with Crippen molar-refractivity contribution < 1.29 is 22.4 Å². The predicted molar refractivity (Wildman–Crippen MR) is 72.9 cm³/mol. The molecule has 1 aromatic carbocycles. The van der Waals surface area contributed by atoms with Crippen molar-refractivity contribution in [2.75, 3.05) is 18.4 Å². The van der Waals surface area contributed by atoms with Gasteiger partial charge in [0.1, 0.15) is 5.82 Å². The highest BCUT2D eigenvalue weighted by atomic mass is 35.5. The van der Waals surface area contributed by atoms with Gasteiger partial charge < -0.3 is 10.6 Å². The molecule has 1 heterocycles. The van der Waals surface area contributed by atoms with Gasteiger partial charge in [0, 0.05) is 6.42 Å². The highest BCUT2D eigenvalue weighted by molar-refractivity contribution is 5.91. The Morgan fingerprint density at radius 3 is 2.67 bits per heavy atom. The van der Waals surface area contributed by atoms with Gasteiger partial charge in [0.2, 0.25) is 5.91 Å². The minimum absolute atomic E-state index is 0. The van der Waals surface area contributed by atoms with Gasteiger partial charge in [-0.1, -0.05) is 0 Å². The van der Waals surface area contributed by atoms with Crippen LogP contribution in [0.2, 0.25) is 0 Å². The largest absolute Gasteiger partial charge is 0.416 e. The number of anilines is 1. The van der Waals surface area contributed by atoms with Crippen molar-refractivity contribution >= 4 is 24.0 Å². The van der Waals surface area contributed by atoms with E-state index in [1.54, 1.807) is 0 Å². The Balaban J connectivity index is 0.00000220. The average Bonchev–Trinajstić information content (AvgIpc) is 2.83. The lowest BCUT2D eigenvalue weighted by Crippen LogP contribution is -2.19. The molecule has 21 heavy (non-hydrogen) atoms. The van der Waals surface area contributed by atoms with Gasteiger partial charge in [-0.25, -0.2) is 4.39 Å². The number of carbonyl (C=O) groups excluding carboxylic acids is 1. The second-order valence-corrected chi connectivity index (χ2v) is 4.80. The Bertz CT molecular complexity index is 501. The molecule has 1 aliphatic heterocycles. The van der Waals surface area contributed by atoms with Crippen LogP contribution in [0.4, 0.5) is 23.2 Å². The zero-order valence-corrected chi connectivity index (χ0v) is 11.8. The molecule has 0 saturated carbocycles. The van der Waals surface area contributed by atoms with Crippen LogP contribution in [0.3, 0.4) is 0 Å². The molecule has 1 fully saturated rings. The minimum Gasteiger partial charge on any atom is -0.324 e. The lowest BCUT2D eigenvalue weighted by Gasteiger charge is -2.12. The molecule has 2 N–H and O–H groups in total. The Morgan fingerprint density at radius 2 is 2.10 bits per heavy atom. The Labute approximate surface area is 125 Å². The molecule has 0 spiro atoms. The fraction of sp³-hybridized carbons (Fsp3) is 0.462. The van der Waals surface area contributed by atoms with E-state index in [0.29, 0.717) is 24.7 Å². The van der Waals surface area contributed by atoms with Crippen LogP contribution in [0.25, 0.3) is 0 Å². The van der Waals surface area contributed by atoms with Crippen LogP contribution in [0, 0.1) is 11.7 Å². The molecule has 118 valence electrons. The van der Waals surface area contributed by atoms with Crippen LogP contribution in [0.5, 0.6) is 0 Å². The zero-order valence-electron chi connectivity index (χ0n) is 11.0. The van der Waals surface area contributed by atoms with Crippen molar-refractivity contribution in [1.82, 2.24) is 5.32 Å². The Morgan fingerprint density at radius 1 is 1.38 bits per heavy atom. The minimum atomic E-state index is -4.57. The Hall–Kier alpha value is -1.34. The molecular formula is C13H15ClF4N2O. The molecule has 0 aliphatic carbocycles. The summed E-state index contributed by atoms with van der Waals surface area (Å²) >= 11 is 0. The summed E-state index contributed by atoms with van der Waals surface area (Å²) < 4.78 is 51.0. The summed E-state index contributed by atoms with van der Waals surface area (Å²) in [5, 5.41) is 5.29. The third-order valence-corrected chi connectivity index (χ3v) is 3.20. The van der Waals surface area contributed by atoms with Gasteiger partial charge >= 0.3 is 6.18 Å². The number of amides is 1. The maximum absolute atomic E-state index is 13.4. The molecule has 1 amide bonds. The topological polar surface area (TPSA) is 41.1 Å². The summed E-state index contributed by atoms with van der Waals surface area (Å²) in [6.07, 6.45) is -3.57. The third-order valence-electron chi connectivity index (χ3n) is 3.20. The van der Waals surface area contributed by atoms with Gasteiger partial charge in [0.25, 0.3) is 0 Å². The molecule has 1 atom stereocenters. The summed E-state index contributed by atoms with van der Waals surface area (Å²) in [5.74, 6) is -1.21. The molecule has 0 bridgehead atoms. The average molecular weight is 327 g/mol. The van der Waals surface area contributed by atoms with Crippen LogP contribution >= 0.6 is 12.4 Å². The first-order valence-electron chi connectivity index (χ1n) is 6.23. The first kappa shape index (κ1) is 17.7. The van der Waals surface area contributed by atoms with E-state index in [2.05, 4.69) is 10.6 Å². The van der Waals surface area contributed by atoms with Crippen molar-refractivity contribution in [3.05, 3.63) is 29.6 Å². The smallest absolute Gasteiger partial charge is 0.324 e. The molecule has 0 radical (unpaired) electrons. The van der Waals surface area contributed by atoms with Crippen LogP contribution < -0.4 is 10.6 Å². The van der Waals surface area contributed by atoms with Crippen LogP contribution in [-0.2, 0) is 11.0 Å². The number of alkyl halides is 3. The highest BCUT2D eigenvalue weighted by Crippen LogP contribution is 2.31. The van der Waals surface area contributed by atoms with Gasteiger partial charge in [0.05, 0.1) is 11.3 Å². The van der Waals surface area contributed by atoms with E-state index >= 15 is 0 Å². The van der Waals surface area contributed by atoms with Crippen molar-refractivity contribution in [3.63, 3.8) is 0 Å². The van der Waals surface area contributed by atoms with Crippen LogP contribution in [0.15, 0.2) is 18.2 Å². The predicted octanol–water partition coefficient (Wildman–Crippen LogP) is 3.20. The number of hydrogen-bond donors (Lipinski definition) is 2. The van der Waals surface area contributed by atoms with Crippen molar-refractivity contribution in [2.45, 2.75) is 19.0 Å². The van der Waals surface area contributed by atoms with E-state index < -0.39 is 29.2 Å². The van der Waals surface area contributed by atoms with Gasteiger partial charge in [-0.15, -0.1) is 12.4 Å². The van der Waals surface area contributed by atoms with Gasteiger partial charge in [-0.3, -0.25) is 4.79 Å². The molecule has 1 aliphatic rings. The molecule has 1 unspecified atom stereocenters.